The molecular weight excluding hydrogens is 499 g/mol. The zero-order chi connectivity index (χ0) is 24.6. The van der Waals surface area contributed by atoms with E-state index >= 15 is 0 Å². The van der Waals surface area contributed by atoms with E-state index in [1.165, 1.54) is 18.5 Å². The van der Waals surface area contributed by atoms with Crippen LogP contribution < -0.4 is 0 Å². The molecular formula is C20H15ClF3N5O4S. The van der Waals surface area contributed by atoms with E-state index in [0.29, 0.717) is 5.03 Å². The summed E-state index contributed by atoms with van der Waals surface area (Å²) in [4.78, 5) is 4.08. The van der Waals surface area contributed by atoms with Crippen LogP contribution in [0.5, 0.6) is 0 Å². The SMILES string of the molecule is N#Cc1cnc(SC2OC(CO)C(O)C(n3cc(-c4cc(F)c(F)c(F)c4)nn3)C2O)cc1Cl. The van der Waals surface area contributed by atoms with Crippen LogP contribution in [0.4, 0.5) is 13.2 Å². The van der Waals surface area contributed by atoms with Gasteiger partial charge in [-0.3, -0.25) is 0 Å². The molecule has 0 amide bonds. The van der Waals surface area contributed by atoms with Gasteiger partial charge in [-0.2, -0.15) is 5.26 Å². The Morgan fingerprint density at radius 1 is 1.18 bits per heavy atom. The minimum atomic E-state index is -1.63. The highest BCUT2D eigenvalue weighted by atomic mass is 35.5. The molecule has 3 N–H and O–H groups in total. The first-order valence-electron chi connectivity index (χ1n) is 9.65. The maximum atomic E-state index is 13.6. The molecule has 2 aromatic heterocycles. The Balaban J connectivity index is 1.63. The van der Waals surface area contributed by atoms with Gasteiger partial charge in [-0.25, -0.2) is 22.8 Å². The Bertz CT molecular complexity index is 1240. The summed E-state index contributed by atoms with van der Waals surface area (Å²) in [6.07, 6.45) is -1.53. The molecule has 0 bridgehead atoms. The number of benzene rings is 1. The predicted octanol–water partition coefficient (Wildman–Crippen LogP) is 2.05. The van der Waals surface area contributed by atoms with Crippen LogP contribution in [-0.4, -0.2) is 65.7 Å². The van der Waals surface area contributed by atoms with Crippen molar-refractivity contribution in [2.24, 2.45) is 0 Å². The summed E-state index contributed by atoms with van der Waals surface area (Å²) in [5, 5.41) is 48.3. The first-order chi connectivity index (χ1) is 16.2. The zero-order valence-corrected chi connectivity index (χ0v) is 18.5. The summed E-state index contributed by atoms with van der Waals surface area (Å²) < 4.78 is 47.2. The number of ether oxygens (including phenoxy) is 1. The van der Waals surface area contributed by atoms with Crippen LogP contribution in [0.2, 0.25) is 5.02 Å². The lowest BCUT2D eigenvalue weighted by atomic mass is 9.97. The monoisotopic (exact) mass is 513 g/mol. The normalized spacial score (nSPS) is 24.7. The van der Waals surface area contributed by atoms with E-state index < -0.39 is 53.8 Å². The minimum absolute atomic E-state index is 0.0472. The quantitative estimate of drug-likeness (QED) is 0.438. The second kappa shape index (κ2) is 9.87. The van der Waals surface area contributed by atoms with Gasteiger partial charge in [0.05, 0.1) is 23.4 Å². The van der Waals surface area contributed by atoms with E-state index in [0.717, 1.165) is 28.6 Å². The minimum Gasteiger partial charge on any atom is -0.394 e. The van der Waals surface area contributed by atoms with Gasteiger partial charge >= 0.3 is 0 Å². The first kappa shape index (κ1) is 24.4. The lowest BCUT2D eigenvalue weighted by molar-refractivity contribution is -0.178. The number of rotatable bonds is 5. The highest BCUT2D eigenvalue weighted by molar-refractivity contribution is 7.99. The summed E-state index contributed by atoms with van der Waals surface area (Å²) in [6.45, 7) is -0.598. The molecule has 0 spiro atoms. The van der Waals surface area contributed by atoms with E-state index in [4.69, 9.17) is 21.6 Å². The predicted molar refractivity (Wildman–Crippen MR) is 112 cm³/mol. The third-order valence-corrected chi connectivity index (χ3v) is 6.53. The molecule has 0 aliphatic carbocycles. The van der Waals surface area contributed by atoms with E-state index in [9.17, 15) is 28.5 Å². The van der Waals surface area contributed by atoms with Crippen molar-refractivity contribution in [1.29, 1.82) is 5.26 Å². The van der Waals surface area contributed by atoms with Crippen molar-refractivity contribution in [2.75, 3.05) is 6.61 Å². The molecule has 5 unspecified atom stereocenters. The molecule has 1 aromatic carbocycles. The number of hydrogen-bond acceptors (Lipinski definition) is 9. The number of hydrogen-bond donors (Lipinski definition) is 3. The van der Waals surface area contributed by atoms with Gasteiger partial charge in [-0.1, -0.05) is 28.6 Å². The largest absolute Gasteiger partial charge is 0.394 e. The third-order valence-electron chi connectivity index (χ3n) is 5.13. The Kier molecular flexibility index (Phi) is 7.08. The van der Waals surface area contributed by atoms with Gasteiger partial charge in [0.2, 0.25) is 0 Å². The topological polar surface area (TPSA) is 137 Å². The van der Waals surface area contributed by atoms with Crippen molar-refractivity contribution in [3.63, 3.8) is 0 Å². The van der Waals surface area contributed by atoms with Crippen molar-refractivity contribution in [3.8, 4) is 17.3 Å². The fraction of sp³-hybridized carbons (Fsp3) is 0.300. The van der Waals surface area contributed by atoms with Crippen molar-refractivity contribution in [3.05, 3.63) is 58.6 Å². The van der Waals surface area contributed by atoms with E-state index in [-0.39, 0.29) is 21.8 Å². The van der Waals surface area contributed by atoms with Gasteiger partial charge in [0, 0.05) is 11.8 Å². The maximum absolute atomic E-state index is 13.6. The number of aliphatic hydroxyl groups excluding tert-OH is 3. The third kappa shape index (κ3) is 4.61. The standard InChI is InChI=1S/C20H15ClF3N5O4S/c21-10-3-15(26-5-9(10)4-25)34-20-19(32)17(18(31)14(7-30)33-20)29-6-13(27-28-29)8-1-11(22)16(24)12(23)2-8/h1-3,5-6,14,17-20,30-32H,7H2. The number of halogens is 4. The Morgan fingerprint density at radius 2 is 1.88 bits per heavy atom. The summed E-state index contributed by atoms with van der Waals surface area (Å²) in [7, 11) is 0. The second-order valence-corrected chi connectivity index (χ2v) is 8.79. The molecule has 1 fully saturated rings. The molecule has 4 rings (SSSR count). The van der Waals surface area contributed by atoms with Crippen LogP contribution in [0.3, 0.4) is 0 Å². The molecule has 3 heterocycles. The molecule has 14 heteroatoms. The van der Waals surface area contributed by atoms with Crippen LogP contribution >= 0.6 is 23.4 Å². The molecule has 1 saturated heterocycles. The van der Waals surface area contributed by atoms with Crippen LogP contribution in [0.25, 0.3) is 11.3 Å². The molecule has 1 aliphatic heterocycles. The number of aromatic nitrogens is 4. The Hall–Kier alpha value is -2.73. The Morgan fingerprint density at radius 3 is 2.50 bits per heavy atom. The van der Waals surface area contributed by atoms with Crippen molar-refractivity contribution < 1.29 is 33.2 Å². The van der Waals surface area contributed by atoms with Gasteiger partial charge in [-0.05, 0) is 18.2 Å². The van der Waals surface area contributed by atoms with E-state index in [1.54, 1.807) is 0 Å². The molecule has 1 aliphatic rings. The molecule has 34 heavy (non-hydrogen) atoms. The van der Waals surface area contributed by atoms with Gasteiger partial charge in [0.1, 0.15) is 46.6 Å². The number of pyridine rings is 1. The van der Waals surface area contributed by atoms with Crippen LogP contribution in [0.1, 0.15) is 11.6 Å². The molecule has 178 valence electrons. The second-order valence-electron chi connectivity index (χ2n) is 7.27. The smallest absolute Gasteiger partial charge is 0.194 e. The van der Waals surface area contributed by atoms with Crippen molar-refractivity contribution >= 4 is 23.4 Å². The number of nitriles is 1. The number of aliphatic hydroxyl groups is 3. The lowest BCUT2D eigenvalue weighted by Gasteiger charge is -2.41. The van der Waals surface area contributed by atoms with Crippen LogP contribution in [-0.2, 0) is 4.74 Å². The molecule has 3 aromatic rings. The van der Waals surface area contributed by atoms with Crippen molar-refractivity contribution in [2.45, 2.75) is 34.8 Å². The maximum Gasteiger partial charge on any atom is 0.194 e. The van der Waals surface area contributed by atoms with Crippen LogP contribution in [0.15, 0.2) is 35.6 Å². The van der Waals surface area contributed by atoms with Gasteiger partial charge in [0.15, 0.2) is 17.5 Å². The Labute approximate surface area is 199 Å². The van der Waals surface area contributed by atoms with E-state index in [1.807, 2.05) is 6.07 Å². The molecule has 0 radical (unpaired) electrons. The zero-order valence-electron chi connectivity index (χ0n) is 16.9. The average Bonchev–Trinajstić information content (AvgIpc) is 3.29. The summed E-state index contributed by atoms with van der Waals surface area (Å²) >= 11 is 6.95. The summed E-state index contributed by atoms with van der Waals surface area (Å²) in [6, 6.07) is 3.56. The fourth-order valence-electron chi connectivity index (χ4n) is 3.41. The lowest BCUT2D eigenvalue weighted by Crippen LogP contribution is -2.55. The highest BCUT2D eigenvalue weighted by Crippen LogP contribution is 2.38. The molecule has 0 saturated carbocycles. The summed E-state index contributed by atoms with van der Waals surface area (Å²) in [5.74, 6) is -4.46. The number of nitrogens with zero attached hydrogens (tertiary/aromatic N) is 5. The molecule has 5 atom stereocenters. The molecule has 9 nitrogen and oxygen atoms in total. The fourth-order valence-corrected chi connectivity index (χ4v) is 4.71. The van der Waals surface area contributed by atoms with Gasteiger partial charge in [-0.15, -0.1) is 5.10 Å². The van der Waals surface area contributed by atoms with E-state index in [2.05, 4.69) is 15.3 Å². The highest BCUT2D eigenvalue weighted by Gasteiger charge is 2.46. The van der Waals surface area contributed by atoms with Crippen LogP contribution in [0, 0.1) is 28.8 Å². The first-order valence-corrected chi connectivity index (χ1v) is 10.9. The van der Waals surface area contributed by atoms with Crippen molar-refractivity contribution in [1.82, 2.24) is 20.0 Å². The average molecular weight is 514 g/mol. The number of thioether (sulfide) groups is 1. The van der Waals surface area contributed by atoms with Gasteiger partial charge < -0.3 is 20.1 Å². The summed E-state index contributed by atoms with van der Waals surface area (Å²) in [5.41, 5.74) is -1.06. The van der Waals surface area contributed by atoms with Gasteiger partial charge in [0.25, 0.3) is 0 Å².